The molecule has 0 saturated heterocycles. The summed E-state index contributed by atoms with van der Waals surface area (Å²) in [6.45, 7) is 4.52. The minimum Gasteiger partial charge on any atom is -0.310 e. The third kappa shape index (κ3) is 6.93. The van der Waals surface area contributed by atoms with Crippen molar-refractivity contribution in [2.75, 3.05) is 4.90 Å². The van der Waals surface area contributed by atoms with E-state index in [2.05, 4.69) is 278 Å². The van der Waals surface area contributed by atoms with Crippen LogP contribution < -0.4 is 4.90 Å². The predicted molar refractivity (Wildman–Crippen MR) is 298 cm³/mol. The lowest BCUT2D eigenvalue weighted by molar-refractivity contribution is 0.768. The van der Waals surface area contributed by atoms with Gasteiger partial charge in [-0.2, -0.15) is 0 Å². The number of hydrogen-bond donors (Lipinski definition) is 0. The highest BCUT2D eigenvalue weighted by atomic mass is 15.1. The number of allylic oxidation sites excluding steroid dienone is 1. The Bertz CT molecular complexity index is 3750. The molecule has 0 bridgehead atoms. The zero-order valence-electron chi connectivity index (χ0n) is 40.1. The third-order valence-corrected chi connectivity index (χ3v) is 15.3. The average Bonchev–Trinajstić information content (AvgIpc) is 3.94. The van der Waals surface area contributed by atoms with E-state index in [0.717, 1.165) is 29.9 Å². The average molecular weight is 909 g/mol. The van der Waals surface area contributed by atoms with E-state index in [4.69, 9.17) is 0 Å². The summed E-state index contributed by atoms with van der Waals surface area (Å²) >= 11 is 0. The van der Waals surface area contributed by atoms with Crippen LogP contribution >= 0.6 is 0 Å². The monoisotopic (exact) mass is 908 g/mol. The minimum atomic E-state index is -0.506. The van der Waals surface area contributed by atoms with E-state index in [1.807, 2.05) is 0 Å². The van der Waals surface area contributed by atoms with Crippen molar-refractivity contribution >= 4 is 34.0 Å². The molecule has 0 atom stereocenters. The molecule has 0 fully saturated rings. The van der Waals surface area contributed by atoms with E-state index in [0.29, 0.717) is 0 Å². The third-order valence-electron chi connectivity index (χ3n) is 15.3. The molecule has 2 heteroatoms. The number of anilines is 3. The molecule has 338 valence electrons. The van der Waals surface area contributed by atoms with Crippen LogP contribution in [-0.4, -0.2) is 4.57 Å². The zero-order chi connectivity index (χ0) is 47.5. The number of aromatic nitrogens is 1. The Morgan fingerprint density at radius 2 is 0.930 bits per heavy atom. The number of rotatable bonds is 9. The van der Waals surface area contributed by atoms with Gasteiger partial charge >= 0.3 is 0 Å². The Labute approximate surface area is 417 Å². The largest absolute Gasteiger partial charge is 0.310 e. The van der Waals surface area contributed by atoms with E-state index < -0.39 is 5.41 Å². The first-order chi connectivity index (χ1) is 35.1. The van der Waals surface area contributed by atoms with Gasteiger partial charge < -0.3 is 9.47 Å². The van der Waals surface area contributed by atoms with Crippen LogP contribution in [0, 0.1) is 13.8 Å². The van der Waals surface area contributed by atoms with E-state index in [9.17, 15) is 0 Å². The molecule has 0 amide bonds. The fourth-order valence-corrected chi connectivity index (χ4v) is 12.0. The van der Waals surface area contributed by atoms with Crippen LogP contribution in [0.2, 0.25) is 0 Å². The van der Waals surface area contributed by atoms with Crippen LogP contribution in [0.5, 0.6) is 0 Å². The van der Waals surface area contributed by atoms with Crippen molar-refractivity contribution < 1.29 is 0 Å². The molecule has 0 saturated carbocycles. The van der Waals surface area contributed by atoms with Gasteiger partial charge in [-0.05, 0) is 165 Å². The molecule has 2 nitrogen and oxygen atoms in total. The van der Waals surface area contributed by atoms with E-state index in [1.54, 1.807) is 0 Å². The molecule has 0 aliphatic heterocycles. The summed E-state index contributed by atoms with van der Waals surface area (Å²) in [5, 5.41) is 1.36. The standard InChI is InChI=1S/C69H52N2/c1-47-18-12-13-25-59(47)60-44-45-64-63-27-15-17-29-67(63)71(68(64)48(60)2)57-40-34-52(35-41-57)51-32-38-56(39-33-51)70(55-36-30-50(31-37-55)49-19-6-3-7-20-49)58-42-43-62-61-26-14-16-28-65(61)69(66(62)46-58,53-21-8-4-9-22-53)54-23-10-5-11-24-54/h3-14,16-26,28-46H,15,27H2,1-2H3. The smallest absolute Gasteiger partial charge is 0.0714 e. The Hall–Kier alpha value is -8.72. The van der Waals surface area contributed by atoms with Gasteiger partial charge in [0.1, 0.15) is 0 Å². The second kappa shape index (κ2) is 17.4. The summed E-state index contributed by atoms with van der Waals surface area (Å²) in [5.74, 6) is 0. The summed E-state index contributed by atoms with van der Waals surface area (Å²) < 4.78 is 2.50. The van der Waals surface area contributed by atoms with Crippen LogP contribution in [-0.2, 0) is 11.8 Å². The number of fused-ring (bicyclic) bond motifs is 6. The number of aryl methyl sites for hydroxylation is 3. The van der Waals surface area contributed by atoms with Gasteiger partial charge in [-0.15, -0.1) is 0 Å². The molecular weight excluding hydrogens is 857 g/mol. The first-order valence-corrected chi connectivity index (χ1v) is 25.0. The Balaban J connectivity index is 0.916. The molecule has 10 aromatic carbocycles. The molecule has 71 heavy (non-hydrogen) atoms. The summed E-state index contributed by atoms with van der Waals surface area (Å²) in [7, 11) is 0. The van der Waals surface area contributed by atoms with E-state index in [1.165, 1.54) is 106 Å². The summed E-state index contributed by atoms with van der Waals surface area (Å²) in [4.78, 5) is 2.42. The highest BCUT2D eigenvalue weighted by Gasteiger charge is 2.46. The van der Waals surface area contributed by atoms with Gasteiger partial charge in [0, 0.05) is 33.8 Å². The molecule has 2 aliphatic rings. The predicted octanol–water partition coefficient (Wildman–Crippen LogP) is 18.0. The molecule has 2 aliphatic carbocycles. The van der Waals surface area contributed by atoms with Gasteiger partial charge in [0.2, 0.25) is 0 Å². The first-order valence-electron chi connectivity index (χ1n) is 25.0. The summed E-state index contributed by atoms with van der Waals surface area (Å²) in [6, 6.07) is 89.7. The Kier molecular flexibility index (Phi) is 10.4. The molecule has 0 radical (unpaired) electrons. The molecule has 11 aromatic rings. The zero-order valence-corrected chi connectivity index (χ0v) is 40.1. The van der Waals surface area contributed by atoms with Crippen molar-refractivity contribution in [3.8, 4) is 50.2 Å². The van der Waals surface area contributed by atoms with Gasteiger partial charge in [0.15, 0.2) is 0 Å². The fraction of sp³-hybridized carbons (Fsp3) is 0.0725. The summed E-state index contributed by atoms with van der Waals surface area (Å²) in [6.07, 6.45) is 6.79. The van der Waals surface area contributed by atoms with Gasteiger partial charge in [-0.3, -0.25) is 0 Å². The first kappa shape index (κ1) is 42.4. The number of nitrogens with zero attached hydrogens (tertiary/aromatic N) is 2. The highest BCUT2D eigenvalue weighted by Crippen LogP contribution is 2.57. The molecule has 1 heterocycles. The second-order valence-corrected chi connectivity index (χ2v) is 19.2. The minimum absolute atomic E-state index is 0.506. The van der Waals surface area contributed by atoms with Gasteiger partial charge in [0.05, 0.1) is 10.9 Å². The van der Waals surface area contributed by atoms with E-state index >= 15 is 0 Å². The lowest BCUT2D eigenvalue weighted by Crippen LogP contribution is -2.28. The maximum Gasteiger partial charge on any atom is 0.0714 e. The van der Waals surface area contributed by atoms with Crippen molar-refractivity contribution in [2.45, 2.75) is 32.1 Å². The topological polar surface area (TPSA) is 8.17 Å². The molecule has 0 spiro atoms. The normalized spacial score (nSPS) is 13.2. The van der Waals surface area contributed by atoms with Crippen molar-refractivity contribution in [1.29, 1.82) is 0 Å². The lowest BCUT2D eigenvalue weighted by Gasteiger charge is -2.35. The van der Waals surface area contributed by atoms with Crippen LogP contribution in [0.1, 0.15) is 51.1 Å². The molecular formula is C69H52N2. The van der Waals surface area contributed by atoms with Gasteiger partial charge in [-0.1, -0.05) is 200 Å². The second-order valence-electron chi connectivity index (χ2n) is 19.2. The Morgan fingerprint density at radius 1 is 0.423 bits per heavy atom. The van der Waals surface area contributed by atoms with Crippen molar-refractivity contribution in [3.05, 3.63) is 293 Å². The number of hydrogen-bond acceptors (Lipinski definition) is 1. The SMILES string of the molecule is Cc1ccccc1-c1ccc2c3c(n(-c4ccc(-c5ccc(N(c6ccc(-c7ccccc7)cc6)c6ccc7c(c6)C(c6ccccc6)(c6ccccc6)c6ccccc6-7)cc5)cc4)c2c1C)C=CCC3. The maximum absolute atomic E-state index is 2.50. The van der Waals surface area contributed by atoms with Crippen LogP contribution in [0.3, 0.4) is 0 Å². The summed E-state index contributed by atoms with van der Waals surface area (Å²) in [5.41, 5.74) is 25.6. The maximum atomic E-state index is 2.50. The van der Waals surface area contributed by atoms with Crippen LogP contribution in [0.15, 0.2) is 249 Å². The van der Waals surface area contributed by atoms with Crippen molar-refractivity contribution in [2.24, 2.45) is 0 Å². The quantitative estimate of drug-likeness (QED) is 0.140. The Morgan fingerprint density at radius 3 is 1.56 bits per heavy atom. The highest BCUT2D eigenvalue weighted by molar-refractivity contribution is 5.97. The molecule has 13 rings (SSSR count). The fourth-order valence-electron chi connectivity index (χ4n) is 12.0. The van der Waals surface area contributed by atoms with Crippen LogP contribution in [0.4, 0.5) is 17.1 Å². The van der Waals surface area contributed by atoms with Gasteiger partial charge in [0.25, 0.3) is 0 Å². The van der Waals surface area contributed by atoms with E-state index in [-0.39, 0.29) is 0 Å². The van der Waals surface area contributed by atoms with Crippen LogP contribution in [0.25, 0.3) is 67.2 Å². The van der Waals surface area contributed by atoms with Crippen molar-refractivity contribution in [1.82, 2.24) is 4.57 Å². The lowest BCUT2D eigenvalue weighted by atomic mass is 9.67. The molecule has 0 unspecified atom stereocenters. The van der Waals surface area contributed by atoms with Gasteiger partial charge in [-0.25, -0.2) is 0 Å². The van der Waals surface area contributed by atoms with Crippen molar-refractivity contribution in [3.63, 3.8) is 0 Å². The molecule has 1 aromatic heterocycles. The number of benzene rings is 10. The molecule has 0 N–H and O–H groups in total.